The first-order chi connectivity index (χ1) is 11.6. The van der Waals surface area contributed by atoms with Crippen LogP contribution in [0.2, 0.25) is 0 Å². The Morgan fingerprint density at radius 3 is 2.79 bits per heavy atom. The summed E-state index contributed by atoms with van der Waals surface area (Å²) in [6.07, 6.45) is 3.22. The van der Waals surface area contributed by atoms with Crippen molar-refractivity contribution in [2.45, 2.75) is 50.9 Å². The van der Waals surface area contributed by atoms with E-state index in [1.807, 2.05) is 17.0 Å². The van der Waals surface area contributed by atoms with E-state index >= 15 is 0 Å². The van der Waals surface area contributed by atoms with Crippen molar-refractivity contribution < 1.29 is 9.59 Å². The van der Waals surface area contributed by atoms with Crippen LogP contribution in [-0.4, -0.2) is 35.5 Å². The van der Waals surface area contributed by atoms with Crippen molar-refractivity contribution in [2.75, 3.05) is 6.54 Å². The predicted octanol–water partition coefficient (Wildman–Crippen LogP) is 0.987. The molecule has 1 aromatic carbocycles. The van der Waals surface area contributed by atoms with Gasteiger partial charge in [0.2, 0.25) is 11.8 Å². The molecule has 0 spiro atoms. The SMILES string of the molecule is Cc1ccccc1C1CC(NC(=O)C2CC(=O)N(C3CC3)C2)NN1. The lowest BCUT2D eigenvalue weighted by Gasteiger charge is -2.17. The number of nitrogens with zero attached hydrogens (tertiary/aromatic N) is 1. The summed E-state index contributed by atoms with van der Waals surface area (Å²) < 4.78 is 0. The van der Waals surface area contributed by atoms with Gasteiger partial charge in [-0.25, -0.2) is 10.9 Å². The first kappa shape index (κ1) is 15.6. The van der Waals surface area contributed by atoms with Crippen LogP contribution in [0.25, 0.3) is 0 Å². The Hall–Kier alpha value is -1.92. The van der Waals surface area contributed by atoms with Gasteiger partial charge in [0, 0.05) is 31.5 Å². The molecule has 4 rings (SSSR count). The van der Waals surface area contributed by atoms with Crippen LogP contribution >= 0.6 is 0 Å². The van der Waals surface area contributed by atoms with E-state index in [1.54, 1.807) is 0 Å². The van der Waals surface area contributed by atoms with Crippen LogP contribution in [0.15, 0.2) is 24.3 Å². The average Bonchev–Trinajstić information content (AvgIpc) is 3.18. The van der Waals surface area contributed by atoms with E-state index in [2.05, 4.69) is 35.2 Å². The zero-order chi connectivity index (χ0) is 16.7. The monoisotopic (exact) mass is 328 g/mol. The minimum absolute atomic E-state index is 0.0174. The van der Waals surface area contributed by atoms with E-state index in [9.17, 15) is 9.59 Å². The predicted molar refractivity (Wildman–Crippen MR) is 89.6 cm³/mol. The molecule has 3 aliphatic rings. The van der Waals surface area contributed by atoms with Crippen LogP contribution in [0.1, 0.15) is 42.9 Å². The molecule has 6 heteroatoms. The minimum Gasteiger partial charge on any atom is -0.339 e. The molecule has 2 aliphatic heterocycles. The lowest BCUT2D eigenvalue weighted by molar-refractivity contribution is -0.129. The highest BCUT2D eigenvalue weighted by Gasteiger charge is 2.42. The minimum atomic E-state index is -0.211. The van der Waals surface area contributed by atoms with Crippen LogP contribution in [0.3, 0.4) is 0 Å². The summed E-state index contributed by atoms with van der Waals surface area (Å²) in [6, 6.07) is 8.86. The molecule has 2 heterocycles. The molecule has 0 radical (unpaired) electrons. The molecule has 3 N–H and O–H groups in total. The molecule has 3 unspecified atom stereocenters. The zero-order valence-corrected chi connectivity index (χ0v) is 13.9. The van der Waals surface area contributed by atoms with Crippen molar-refractivity contribution >= 4 is 11.8 Å². The molecule has 3 atom stereocenters. The van der Waals surface area contributed by atoms with Crippen molar-refractivity contribution in [2.24, 2.45) is 5.92 Å². The smallest absolute Gasteiger partial charge is 0.226 e. The van der Waals surface area contributed by atoms with Crippen molar-refractivity contribution in [3.8, 4) is 0 Å². The third-order valence-corrected chi connectivity index (χ3v) is 5.30. The number of likely N-dealkylation sites (tertiary alicyclic amines) is 1. The summed E-state index contributed by atoms with van der Waals surface area (Å²) in [7, 11) is 0. The molecule has 1 aromatic rings. The summed E-state index contributed by atoms with van der Waals surface area (Å²) in [5, 5.41) is 3.05. The lowest BCUT2D eigenvalue weighted by Crippen LogP contribution is -2.46. The maximum atomic E-state index is 12.5. The summed E-state index contributed by atoms with van der Waals surface area (Å²) in [5.41, 5.74) is 8.92. The molecule has 6 nitrogen and oxygen atoms in total. The topological polar surface area (TPSA) is 73.5 Å². The number of aryl methyl sites for hydroxylation is 1. The van der Waals surface area contributed by atoms with Gasteiger partial charge in [-0.2, -0.15) is 0 Å². The molecular weight excluding hydrogens is 304 g/mol. The maximum absolute atomic E-state index is 12.5. The highest BCUT2D eigenvalue weighted by Crippen LogP contribution is 2.32. The average molecular weight is 328 g/mol. The third-order valence-electron chi connectivity index (χ3n) is 5.30. The number of amides is 2. The second-order valence-corrected chi connectivity index (χ2v) is 7.17. The van der Waals surface area contributed by atoms with Crippen molar-refractivity contribution in [1.82, 2.24) is 21.1 Å². The van der Waals surface area contributed by atoms with E-state index in [4.69, 9.17) is 0 Å². The second kappa shape index (κ2) is 6.18. The van der Waals surface area contributed by atoms with Crippen molar-refractivity contribution in [1.29, 1.82) is 0 Å². The van der Waals surface area contributed by atoms with Gasteiger partial charge in [0.1, 0.15) is 0 Å². The van der Waals surface area contributed by atoms with Crippen molar-refractivity contribution in [3.63, 3.8) is 0 Å². The normalized spacial score (nSPS) is 30.0. The van der Waals surface area contributed by atoms with Gasteiger partial charge in [-0.15, -0.1) is 0 Å². The van der Waals surface area contributed by atoms with Crippen molar-refractivity contribution in [3.05, 3.63) is 35.4 Å². The fraction of sp³-hybridized carbons (Fsp3) is 0.556. The van der Waals surface area contributed by atoms with Gasteiger partial charge in [0.05, 0.1) is 12.1 Å². The summed E-state index contributed by atoms with van der Waals surface area (Å²) in [4.78, 5) is 26.4. The van der Waals surface area contributed by atoms with Crippen LogP contribution in [-0.2, 0) is 9.59 Å². The number of nitrogens with one attached hydrogen (secondary N) is 3. The third kappa shape index (κ3) is 3.03. The Bertz CT molecular complexity index is 658. The number of carbonyl (C=O) groups excluding carboxylic acids is 2. The number of hydrogen-bond acceptors (Lipinski definition) is 4. The van der Waals surface area contributed by atoms with Crippen LogP contribution in [0.4, 0.5) is 0 Å². The van der Waals surface area contributed by atoms with E-state index in [-0.39, 0.29) is 29.9 Å². The Morgan fingerprint density at radius 1 is 1.25 bits per heavy atom. The summed E-state index contributed by atoms with van der Waals surface area (Å²) >= 11 is 0. The van der Waals surface area contributed by atoms with Gasteiger partial charge < -0.3 is 10.2 Å². The first-order valence-electron chi connectivity index (χ1n) is 8.78. The van der Waals surface area contributed by atoms with Crippen LogP contribution < -0.4 is 16.2 Å². The van der Waals surface area contributed by atoms with E-state index in [0.29, 0.717) is 19.0 Å². The molecule has 24 heavy (non-hydrogen) atoms. The molecule has 2 saturated heterocycles. The maximum Gasteiger partial charge on any atom is 0.226 e. The molecular formula is C18H24N4O2. The lowest BCUT2D eigenvalue weighted by atomic mass is 9.99. The van der Waals surface area contributed by atoms with Crippen LogP contribution in [0.5, 0.6) is 0 Å². The van der Waals surface area contributed by atoms with E-state index < -0.39 is 0 Å². The van der Waals surface area contributed by atoms with Gasteiger partial charge >= 0.3 is 0 Å². The first-order valence-corrected chi connectivity index (χ1v) is 8.78. The highest BCUT2D eigenvalue weighted by atomic mass is 16.2. The number of hydrazine groups is 1. The molecule has 128 valence electrons. The van der Waals surface area contributed by atoms with E-state index in [1.165, 1.54) is 11.1 Å². The van der Waals surface area contributed by atoms with Gasteiger partial charge in [-0.1, -0.05) is 24.3 Å². The Labute approximate surface area is 141 Å². The molecule has 1 saturated carbocycles. The fourth-order valence-electron chi connectivity index (χ4n) is 3.77. The largest absolute Gasteiger partial charge is 0.339 e. The molecule has 1 aliphatic carbocycles. The molecule has 0 aromatic heterocycles. The van der Waals surface area contributed by atoms with Gasteiger partial charge in [0.25, 0.3) is 0 Å². The molecule has 3 fully saturated rings. The van der Waals surface area contributed by atoms with Crippen LogP contribution in [0, 0.1) is 12.8 Å². The zero-order valence-electron chi connectivity index (χ0n) is 13.9. The fourth-order valence-corrected chi connectivity index (χ4v) is 3.77. The summed E-state index contributed by atoms with van der Waals surface area (Å²) in [6.45, 7) is 2.68. The molecule has 2 amide bonds. The standard InChI is InChI=1S/C18H24N4O2/c1-11-4-2-3-5-14(11)15-9-16(21-20-15)19-18(24)12-8-17(23)22(10-12)13-6-7-13/h2-5,12-13,15-16,20-21H,6-10H2,1H3,(H,19,24). The van der Waals surface area contributed by atoms with Gasteiger partial charge in [0.15, 0.2) is 0 Å². The number of carbonyl (C=O) groups is 2. The number of benzene rings is 1. The highest BCUT2D eigenvalue weighted by molar-refractivity contribution is 5.89. The summed E-state index contributed by atoms with van der Waals surface area (Å²) in [5.74, 6) is -0.0958. The molecule has 0 bridgehead atoms. The number of rotatable bonds is 4. The second-order valence-electron chi connectivity index (χ2n) is 7.17. The Kier molecular flexibility index (Phi) is 4.02. The Morgan fingerprint density at radius 2 is 2.04 bits per heavy atom. The number of hydrogen-bond donors (Lipinski definition) is 3. The Balaban J connectivity index is 1.33. The van der Waals surface area contributed by atoms with E-state index in [0.717, 1.165) is 19.3 Å². The van der Waals surface area contributed by atoms with Gasteiger partial charge in [-0.05, 0) is 30.9 Å². The van der Waals surface area contributed by atoms with Gasteiger partial charge in [-0.3, -0.25) is 9.59 Å². The quantitative estimate of drug-likeness (QED) is 0.771.